The van der Waals surface area contributed by atoms with E-state index in [9.17, 15) is 4.79 Å². The van der Waals surface area contributed by atoms with Crippen molar-refractivity contribution in [3.8, 4) is 0 Å². The molecule has 0 bridgehead atoms. The van der Waals surface area contributed by atoms with Crippen LogP contribution in [0.3, 0.4) is 0 Å². The molecular formula is C21H29N3OS2. The molecule has 1 aromatic heterocycles. The third-order valence-corrected chi connectivity index (χ3v) is 7.04. The van der Waals surface area contributed by atoms with Gasteiger partial charge in [-0.15, -0.1) is 11.3 Å². The van der Waals surface area contributed by atoms with E-state index >= 15 is 0 Å². The van der Waals surface area contributed by atoms with Gasteiger partial charge >= 0.3 is 0 Å². The molecule has 0 saturated carbocycles. The highest BCUT2D eigenvalue weighted by atomic mass is 32.2. The summed E-state index contributed by atoms with van der Waals surface area (Å²) in [5.41, 5.74) is 3.01. The number of benzene rings is 1. The first kappa shape index (κ1) is 20.4. The Morgan fingerprint density at radius 1 is 1.41 bits per heavy atom. The quantitative estimate of drug-likeness (QED) is 0.687. The van der Waals surface area contributed by atoms with Crippen molar-refractivity contribution in [2.24, 2.45) is 5.92 Å². The molecule has 0 radical (unpaired) electrons. The number of nitrogens with zero attached hydrogens (tertiary/aromatic N) is 2. The zero-order chi connectivity index (χ0) is 19.2. The third-order valence-electron chi connectivity index (χ3n) is 4.83. The number of thiazole rings is 1. The fourth-order valence-corrected chi connectivity index (χ4v) is 5.29. The first-order chi connectivity index (χ1) is 13.0. The monoisotopic (exact) mass is 403 g/mol. The molecule has 2 unspecified atom stereocenters. The van der Waals surface area contributed by atoms with Crippen LogP contribution in [0.4, 0.5) is 0 Å². The molecule has 1 aromatic carbocycles. The number of aromatic nitrogens is 1. The number of nitrogens with one attached hydrogen (secondary N) is 1. The van der Waals surface area contributed by atoms with Crippen molar-refractivity contribution >= 4 is 29.0 Å². The maximum atomic E-state index is 12.5. The van der Waals surface area contributed by atoms with E-state index in [1.54, 1.807) is 23.1 Å². The molecule has 1 amide bonds. The van der Waals surface area contributed by atoms with E-state index < -0.39 is 0 Å². The SMILES string of the molecule is Cc1csc(SCc2ccc(C(=O)NC(C)CN3CCCC(C)C3)cc2)n1. The third kappa shape index (κ3) is 6.33. The molecule has 1 aliphatic heterocycles. The lowest BCUT2D eigenvalue weighted by molar-refractivity contribution is 0.0920. The number of amides is 1. The Bertz CT molecular complexity index is 744. The van der Waals surface area contributed by atoms with E-state index in [0.717, 1.165) is 46.9 Å². The standard InChI is InChI=1S/C21H29N3OS2/c1-15-5-4-10-24(11-15)12-16(2)22-20(25)19-8-6-18(7-9-19)14-27-21-23-17(3)13-26-21/h6-9,13,15-16H,4-5,10-12,14H2,1-3H3,(H,22,25). The molecule has 4 nitrogen and oxygen atoms in total. The van der Waals surface area contributed by atoms with E-state index in [0.29, 0.717) is 0 Å². The van der Waals surface area contributed by atoms with Crippen molar-refractivity contribution in [3.63, 3.8) is 0 Å². The summed E-state index contributed by atoms with van der Waals surface area (Å²) in [4.78, 5) is 19.5. The maximum Gasteiger partial charge on any atom is 0.251 e. The molecule has 146 valence electrons. The Morgan fingerprint density at radius 2 is 2.19 bits per heavy atom. The second-order valence-electron chi connectivity index (χ2n) is 7.62. The Hall–Kier alpha value is -1.37. The lowest BCUT2D eigenvalue weighted by Crippen LogP contribution is -2.45. The summed E-state index contributed by atoms with van der Waals surface area (Å²) in [7, 11) is 0. The fraction of sp³-hybridized carbons (Fsp3) is 0.524. The summed E-state index contributed by atoms with van der Waals surface area (Å²) in [5.74, 6) is 1.65. The van der Waals surface area contributed by atoms with Gasteiger partial charge in [-0.05, 0) is 56.8 Å². The van der Waals surface area contributed by atoms with Gasteiger partial charge in [-0.1, -0.05) is 30.8 Å². The minimum Gasteiger partial charge on any atom is -0.348 e. The van der Waals surface area contributed by atoms with Gasteiger partial charge in [0.1, 0.15) is 4.34 Å². The van der Waals surface area contributed by atoms with Crippen LogP contribution in [0.2, 0.25) is 0 Å². The lowest BCUT2D eigenvalue weighted by atomic mass is 10.00. The van der Waals surface area contributed by atoms with Crippen LogP contribution >= 0.6 is 23.1 Å². The Kier molecular flexibility index (Phi) is 7.33. The molecule has 0 spiro atoms. The van der Waals surface area contributed by atoms with Gasteiger partial charge in [-0.3, -0.25) is 4.79 Å². The summed E-state index contributed by atoms with van der Waals surface area (Å²) >= 11 is 3.42. The average molecular weight is 404 g/mol. The molecule has 6 heteroatoms. The van der Waals surface area contributed by atoms with Crippen LogP contribution in [0.1, 0.15) is 48.3 Å². The van der Waals surface area contributed by atoms with Gasteiger partial charge in [0.05, 0.1) is 0 Å². The summed E-state index contributed by atoms with van der Waals surface area (Å²) < 4.78 is 1.09. The number of aryl methyl sites for hydroxylation is 1. The Labute approximate surface area is 170 Å². The number of hydrogen-bond donors (Lipinski definition) is 1. The Balaban J connectivity index is 1.46. The molecule has 1 saturated heterocycles. The minimum atomic E-state index is 0.0160. The zero-order valence-corrected chi connectivity index (χ0v) is 18.0. The second-order valence-corrected chi connectivity index (χ2v) is 9.70. The molecule has 2 heterocycles. The summed E-state index contributed by atoms with van der Waals surface area (Å²) in [6.45, 7) is 9.64. The zero-order valence-electron chi connectivity index (χ0n) is 16.4. The maximum absolute atomic E-state index is 12.5. The molecule has 1 fully saturated rings. The molecule has 0 aliphatic carbocycles. The van der Waals surface area contributed by atoms with Crippen LogP contribution in [0.25, 0.3) is 0 Å². The van der Waals surface area contributed by atoms with Crippen molar-refractivity contribution in [3.05, 3.63) is 46.5 Å². The first-order valence-electron chi connectivity index (χ1n) is 9.66. The summed E-state index contributed by atoms with van der Waals surface area (Å²) in [5, 5.41) is 5.22. The van der Waals surface area contributed by atoms with Gasteiger partial charge in [-0.25, -0.2) is 4.98 Å². The second kappa shape index (κ2) is 9.71. The van der Waals surface area contributed by atoms with Gasteiger partial charge in [0.25, 0.3) is 5.91 Å². The van der Waals surface area contributed by atoms with E-state index in [-0.39, 0.29) is 11.9 Å². The summed E-state index contributed by atoms with van der Waals surface area (Å²) in [6, 6.07) is 8.09. The average Bonchev–Trinajstić information content (AvgIpc) is 3.05. The highest BCUT2D eigenvalue weighted by molar-refractivity contribution is 8.00. The predicted molar refractivity (Wildman–Crippen MR) is 115 cm³/mol. The van der Waals surface area contributed by atoms with Gasteiger partial charge in [-0.2, -0.15) is 0 Å². The lowest BCUT2D eigenvalue weighted by Gasteiger charge is -2.32. The molecule has 1 N–H and O–H groups in total. The number of thioether (sulfide) groups is 1. The first-order valence-corrected chi connectivity index (χ1v) is 11.5. The number of hydrogen-bond acceptors (Lipinski definition) is 5. The minimum absolute atomic E-state index is 0.0160. The largest absolute Gasteiger partial charge is 0.348 e. The van der Waals surface area contributed by atoms with Crippen LogP contribution in [-0.2, 0) is 5.75 Å². The highest BCUT2D eigenvalue weighted by Gasteiger charge is 2.19. The predicted octanol–water partition coefficient (Wildman–Crippen LogP) is 4.59. The van der Waals surface area contributed by atoms with Crippen LogP contribution in [0.5, 0.6) is 0 Å². The highest BCUT2D eigenvalue weighted by Crippen LogP contribution is 2.26. The molecule has 3 rings (SSSR count). The number of likely N-dealkylation sites (tertiary alicyclic amines) is 1. The number of carbonyl (C=O) groups is 1. The van der Waals surface area contributed by atoms with Gasteiger partial charge in [0.15, 0.2) is 0 Å². The van der Waals surface area contributed by atoms with Gasteiger partial charge in [0.2, 0.25) is 0 Å². The van der Waals surface area contributed by atoms with E-state index in [1.807, 2.05) is 31.2 Å². The van der Waals surface area contributed by atoms with Crippen molar-refractivity contribution in [1.82, 2.24) is 15.2 Å². The van der Waals surface area contributed by atoms with Crippen molar-refractivity contribution in [2.45, 2.75) is 49.7 Å². The molecule has 2 atom stereocenters. The van der Waals surface area contributed by atoms with Crippen molar-refractivity contribution in [2.75, 3.05) is 19.6 Å². The Morgan fingerprint density at radius 3 is 2.85 bits per heavy atom. The molecule has 2 aromatic rings. The van der Waals surface area contributed by atoms with E-state index in [2.05, 4.69) is 34.4 Å². The molecule has 27 heavy (non-hydrogen) atoms. The van der Waals surface area contributed by atoms with Crippen LogP contribution < -0.4 is 5.32 Å². The van der Waals surface area contributed by atoms with Crippen LogP contribution in [0, 0.1) is 12.8 Å². The normalized spacial score (nSPS) is 19.0. The topological polar surface area (TPSA) is 45.2 Å². The van der Waals surface area contributed by atoms with Gasteiger partial charge in [0, 0.05) is 41.5 Å². The van der Waals surface area contributed by atoms with Crippen molar-refractivity contribution in [1.29, 1.82) is 0 Å². The molecular weight excluding hydrogens is 374 g/mol. The number of carbonyl (C=O) groups excluding carboxylic acids is 1. The fourth-order valence-electron chi connectivity index (χ4n) is 3.49. The smallest absolute Gasteiger partial charge is 0.251 e. The van der Waals surface area contributed by atoms with Crippen molar-refractivity contribution < 1.29 is 4.79 Å². The van der Waals surface area contributed by atoms with Crippen LogP contribution in [0.15, 0.2) is 34.0 Å². The number of piperidine rings is 1. The van der Waals surface area contributed by atoms with Gasteiger partial charge < -0.3 is 10.2 Å². The number of rotatable bonds is 7. The van der Waals surface area contributed by atoms with Crippen LogP contribution in [-0.4, -0.2) is 41.5 Å². The summed E-state index contributed by atoms with van der Waals surface area (Å²) in [6.07, 6.45) is 2.59. The molecule has 1 aliphatic rings. The van der Waals surface area contributed by atoms with E-state index in [4.69, 9.17) is 0 Å². The van der Waals surface area contributed by atoms with E-state index in [1.165, 1.54) is 18.4 Å².